The number of hydrogen-bond acceptors (Lipinski definition) is 5. The highest BCUT2D eigenvalue weighted by atomic mass is 19.1. The number of anilines is 1. The molecule has 2 aromatic rings. The minimum atomic E-state index is -0.391. The minimum Gasteiger partial charge on any atom is -0.490 e. The molecule has 1 saturated carbocycles. The Hall–Kier alpha value is -3.46. The number of ether oxygens (including phenoxy) is 2. The van der Waals surface area contributed by atoms with E-state index in [1.807, 2.05) is 0 Å². The quantitative estimate of drug-likeness (QED) is 0.620. The molecule has 9 heteroatoms. The number of rotatable bonds is 6. The van der Waals surface area contributed by atoms with Crippen LogP contribution in [0.2, 0.25) is 0 Å². The Bertz CT molecular complexity index is 1180. The zero-order valence-corrected chi connectivity index (χ0v) is 20.9. The third kappa shape index (κ3) is 5.61. The molecule has 2 N–H and O–H groups in total. The first-order valence-corrected chi connectivity index (χ1v) is 12.9. The van der Waals surface area contributed by atoms with Gasteiger partial charge in [-0.2, -0.15) is 0 Å². The summed E-state index contributed by atoms with van der Waals surface area (Å²) < 4.78 is 26.0. The fourth-order valence-corrected chi connectivity index (χ4v) is 5.13. The van der Waals surface area contributed by atoms with Gasteiger partial charge in [0.2, 0.25) is 11.8 Å². The number of likely N-dealkylation sites (N-methyl/N-ethyl adjacent to an activating group) is 1. The first kappa shape index (κ1) is 25.2. The van der Waals surface area contributed by atoms with Crippen molar-refractivity contribution in [1.82, 2.24) is 10.2 Å². The van der Waals surface area contributed by atoms with Crippen LogP contribution in [0.1, 0.15) is 54.4 Å². The van der Waals surface area contributed by atoms with Crippen molar-refractivity contribution in [2.75, 3.05) is 19.0 Å². The molecule has 37 heavy (non-hydrogen) atoms. The Morgan fingerprint density at radius 1 is 1.11 bits per heavy atom. The van der Waals surface area contributed by atoms with E-state index in [4.69, 9.17) is 9.47 Å². The molecule has 5 rings (SSSR count). The Morgan fingerprint density at radius 2 is 1.92 bits per heavy atom. The van der Waals surface area contributed by atoms with Gasteiger partial charge in [0.15, 0.2) is 0 Å². The number of nitrogens with one attached hydrogen (secondary N) is 2. The van der Waals surface area contributed by atoms with E-state index in [0.717, 1.165) is 19.3 Å². The monoisotopic (exact) mass is 509 g/mol. The van der Waals surface area contributed by atoms with Crippen LogP contribution < -0.4 is 15.4 Å². The summed E-state index contributed by atoms with van der Waals surface area (Å²) in [6.45, 7) is 0.348. The molecular weight excluding hydrogens is 477 g/mol. The summed E-state index contributed by atoms with van der Waals surface area (Å²) in [5.41, 5.74) is 1.42. The summed E-state index contributed by atoms with van der Waals surface area (Å²) in [5.74, 6) is -0.300. The molecule has 1 aliphatic carbocycles. The van der Waals surface area contributed by atoms with Gasteiger partial charge in [-0.25, -0.2) is 4.39 Å². The van der Waals surface area contributed by atoms with Crippen molar-refractivity contribution in [2.24, 2.45) is 5.92 Å². The summed E-state index contributed by atoms with van der Waals surface area (Å²) >= 11 is 0. The maximum atomic E-state index is 13.8. The van der Waals surface area contributed by atoms with Gasteiger partial charge in [-0.3, -0.25) is 14.4 Å². The lowest BCUT2D eigenvalue weighted by Crippen LogP contribution is -2.53. The van der Waals surface area contributed by atoms with E-state index in [0.29, 0.717) is 35.4 Å². The molecule has 0 aromatic heterocycles. The molecule has 2 aromatic carbocycles. The summed E-state index contributed by atoms with van der Waals surface area (Å²) in [5, 5.41) is 5.68. The molecular formula is C28H32FN3O5. The van der Waals surface area contributed by atoms with Crippen molar-refractivity contribution >= 4 is 23.4 Å². The van der Waals surface area contributed by atoms with Gasteiger partial charge in [-0.15, -0.1) is 0 Å². The van der Waals surface area contributed by atoms with Gasteiger partial charge in [-0.05, 0) is 49.9 Å². The normalized spacial score (nSPS) is 23.5. The van der Waals surface area contributed by atoms with Gasteiger partial charge in [0, 0.05) is 30.8 Å². The number of fused-ring (bicyclic) bond motifs is 2. The average Bonchev–Trinajstić information content (AvgIpc) is 2.85. The maximum absolute atomic E-state index is 13.8. The largest absolute Gasteiger partial charge is 0.490 e. The molecule has 0 radical (unpaired) electrons. The first-order chi connectivity index (χ1) is 17.9. The Balaban J connectivity index is 1.20. The molecule has 0 bridgehead atoms. The highest BCUT2D eigenvalue weighted by Gasteiger charge is 2.39. The van der Waals surface area contributed by atoms with Crippen molar-refractivity contribution < 1.29 is 28.2 Å². The van der Waals surface area contributed by atoms with E-state index in [1.54, 1.807) is 48.3 Å². The molecule has 0 spiro atoms. The van der Waals surface area contributed by atoms with Gasteiger partial charge >= 0.3 is 0 Å². The smallest absolute Gasteiger partial charge is 0.257 e. The van der Waals surface area contributed by atoms with Crippen LogP contribution in [-0.4, -0.2) is 54.5 Å². The maximum Gasteiger partial charge on any atom is 0.257 e. The van der Waals surface area contributed by atoms with Crippen LogP contribution in [0.15, 0.2) is 42.5 Å². The summed E-state index contributed by atoms with van der Waals surface area (Å²) in [6.07, 6.45) is 3.58. The van der Waals surface area contributed by atoms with Crippen molar-refractivity contribution in [3.8, 4) is 5.75 Å². The van der Waals surface area contributed by atoms with Crippen LogP contribution in [0.25, 0.3) is 0 Å². The number of nitrogens with zero attached hydrogens (tertiary/aromatic N) is 1. The number of carbonyl (C=O) groups is 3. The van der Waals surface area contributed by atoms with Gasteiger partial charge in [-0.1, -0.05) is 24.6 Å². The average molecular weight is 510 g/mol. The van der Waals surface area contributed by atoms with Gasteiger partial charge < -0.3 is 25.0 Å². The highest BCUT2D eigenvalue weighted by molar-refractivity contribution is 6.00. The van der Waals surface area contributed by atoms with E-state index >= 15 is 0 Å². The highest BCUT2D eigenvalue weighted by Crippen LogP contribution is 2.33. The van der Waals surface area contributed by atoms with E-state index in [1.165, 1.54) is 6.07 Å². The molecule has 3 amide bonds. The number of halogens is 1. The second kappa shape index (κ2) is 10.9. The van der Waals surface area contributed by atoms with E-state index in [-0.39, 0.29) is 61.2 Å². The molecule has 2 heterocycles. The molecule has 2 aliphatic heterocycles. The second-order valence-electron chi connectivity index (χ2n) is 10.1. The lowest BCUT2D eigenvalue weighted by Gasteiger charge is -2.42. The number of hydrogen-bond donors (Lipinski definition) is 2. The summed E-state index contributed by atoms with van der Waals surface area (Å²) in [4.78, 5) is 39.9. The van der Waals surface area contributed by atoms with Crippen LogP contribution in [0.3, 0.4) is 0 Å². The van der Waals surface area contributed by atoms with Gasteiger partial charge in [0.05, 0.1) is 24.1 Å². The molecule has 1 saturated heterocycles. The molecule has 2 fully saturated rings. The van der Waals surface area contributed by atoms with Crippen molar-refractivity contribution in [2.45, 2.75) is 63.3 Å². The van der Waals surface area contributed by atoms with Crippen LogP contribution in [0.4, 0.5) is 10.1 Å². The third-order valence-electron chi connectivity index (χ3n) is 7.60. The van der Waals surface area contributed by atoms with E-state index in [2.05, 4.69) is 10.6 Å². The van der Waals surface area contributed by atoms with Crippen LogP contribution in [0.5, 0.6) is 5.75 Å². The predicted molar refractivity (Wildman–Crippen MR) is 135 cm³/mol. The Kier molecular flexibility index (Phi) is 7.41. The van der Waals surface area contributed by atoms with Crippen LogP contribution in [0, 0.1) is 11.7 Å². The SMILES string of the molecule is CN1C(=O)c2cc(NC(=O)C3CCC3)ccc2OC[C@@H]2O[C@@H](CC(=O)NCc3ccccc3F)CC[C@@H]21. The zero-order chi connectivity index (χ0) is 25.9. The second-order valence-corrected chi connectivity index (χ2v) is 10.1. The minimum absolute atomic E-state index is 0.0107. The molecule has 0 unspecified atom stereocenters. The molecule has 196 valence electrons. The topological polar surface area (TPSA) is 97.0 Å². The molecule has 8 nitrogen and oxygen atoms in total. The summed E-state index contributed by atoms with van der Waals surface area (Å²) in [6, 6.07) is 11.3. The third-order valence-corrected chi connectivity index (χ3v) is 7.60. The van der Waals surface area contributed by atoms with Gasteiger partial charge in [0.1, 0.15) is 24.3 Å². The number of carbonyl (C=O) groups excluding carboxylic acids is 3. The van der Waals surface area contributed by atoms with Crippen molar-refractivity contribution in [1.29, 1.82) is 0 Å². The van der Waals surface area contributed by atoms with Crippen molar-refractivity contribution in [3.63, 3.8) is 0 Å². The summed E-state index contributed by atoms with van der Waals surface area (Å²) in [7, 11) is 1.75. The Morgan fingerprint density at radius 3 is 2.68 bits per heavy atom. The predicted octanol–water partition coefficient (Wildman–Crippen LogP) is 3.65. The zero-order valence-electron chi connectivity index (χ0n) is 20.9. The standard InChI is InChI=1S/C28H32FN3O5/c1-32-23-11-10-20(14-26(33)30-15-18-5-2-3-8-22(18)29)37-25(23)16-36-24-12-9-19(13-21(24)28(32)35)31-27(34)17-6-4-7-17/h2-3,5,8-9,12-13,17,20,23,25H,4,6-7,10-11,14-16H2,1H3,(H,30,33)(H,31,34)/t20-,23+,25+/m1/s1. The number of benzene rings is 2. The fourth-order valence-electron chi connectivity index (χ4n) is 5.13. The molecule has 3 atom stereocenters. The van der Waals surface area contributed by atoms with E-state index < -0.39 is 6.10 Å². The lowest BCUT2D eigenvalue weighted by atomic mass is 9.85. The van der Waals surface area contributed by atoms with Crippen LogP contribution in [-0.2, 0) is 20.9 Å². The lowest BCUT2D eigenvalue weighted by molar-refractivity contribution is -0.134. The van der Waals surface area contributed by atoms with Crippen molar-refractivity contribution in [3.05, 3.63) is 59.4 Å². The van der Waals surface area contributed by atoms with Crippen LogP contribution >= 0.6 is 0 Å². The fraction of sp³-hybridized carbons (Fsp3) is 0.464. The Labute approximate surface area is 215 Å². The van der Waals surface area contributed by atoms with E-state index in [9.17, 15) is 18.8 Å². The van der Waals surface area contributed by atoms with Gasteiger partial charge in [0.25, 0.3) is 5.91 Å². The molecule has 3 aliphatic rings. The first-order valence-electron chi connectivity index (χ1n) is 12.9. The number of amides is 3.